The summed E-state index contributed by atoms with van der Waals surface area (Å²) >= 11 is 0. The molecule has 1 aliphatic rings. The van der Waals surface area contributed by atoms with Gasteiger partial charge in [0.2, 0.25) is 15.9 Å². The molecule has 1 N–H and O–H groups in total. The second kappa shape index (κ2) is 7.98. The zero-order chi connectivity index (χ0) is 17.7. The molecule has 0 bridgehead atoms. The molecule has 2 rings (SSSR count). The normalized spacial score (nSPS) is 17.7. The van der Waals surface area contributed by atoms with E-state index in [0.29, 0.717) is 18.7 Å². The van der Waals surface area contributed by atoms with Gasteiger partial charge in [-0.3, -0.25) is 9.10 Å². The number of hydrogen-bond acceptors (Lipinski definition) is 4. The van der Waals surface area contributed by atoms with Gasteiger partial charge < -0.3 is 10.1 Å². The van der Waals surface area contributed by atoms with Crippen LogP contribution in [-0.2, 0) is 26.0 Å². The number of ether oxygens (including phenoxy) is 1. The smallest absolute Gasteiger partial charge is 0.240 e. The minimum Gasteiger partial charge on any atom is -0.376 e. The van der Waals surface area contributed by atoms with Crippen molar-refractivity contribution in [2.24, 2.45) is 0 Å². The van der Waals surface area contributed by atoms with Crippen LogP contribution >= 0.6 is 0 Å². The molecular formula is C17H26N2O4S. The highest BCUT2D eigenvalue weighted by molar-refractivity contribution is 7.92. The number of anilines is 1. The third kappa shape index (κ3) is 4.70. The molecule has 1 amide bonds. The van der Waals surface area contributed by atoms with Gasteiger partial charge in [-0.1, -0.05) is 25.1 Å². The van der Waals surface area contributed by atoms with Crippen LogP contribution in [0.5, 0.6) is 0 Å². The van der Waals surface area contributed by atoms with E-state index in [1.54, 1.807) is 0 Å². The van der Waals surface area contributed by atoms with E-state index >= 15 is 0 Å². The van der Waals surface area contributed by atoms with Gasteiger partial charge in [0.25, 0.3) is 0 Å². The number of rotatable bonds is 7. The third-order valence-electron chi connectivity index (χ3n) is 4.19. The summed E-state index contributed by atoms with van der Waals surface area (Å²) in [6.45, 7) is 4.75. The zero-order valence-corrected chi connectivity index (χ0v) is 15.4. The summed E-state index contributed by atoms with van der Waals surface area (Å²) in [7, 11) is -3.56. The Morgan fingerprint density at radius 2 is 2.17 bits per heavy atom. The lowest BCUT2D eigenvalue weighted by atomic mass is 10.1. The molecular weight excluding hydrogens is 328 g/mol. The van der Waals surface area contributed by atoms with Gasteiger partial charge in [0.15, 0.2) is 0 Å². The largest absolute Gasteiger partial charge is 0.376 e. The standard InChI is InChI=1S/C17H26N2O4S/c1-4-14-8-5-7-13(2)17(14)19(24(3,21)22)12-16(20)18-11-15-9-6-10-23-15/h5,7-8,15H,4,6,9-12H2,1-3H3,(H,18,20). The minimum atomic E-state index is -3.56. The van der Waals surface area contributed by atoms with Crippen LogP contribution < -0.4 is 9.62 Å². The fourth-order valence-electron chi connectivity index (χ4n) is 2.94. The maximum atomic E-state index is 12.3. The van der Waals surface area contributed by atoms with E-state index in [1.807, 2.05) is 32.0 Å². The van der Waals surface area contributed by atoms with Crippen LogP contribution in [0, 0.1) is 6.92 Å². The second-order valence-electron chi connectivity index (χ2n) is 6.14. The summed E-state index contributed by atoms with van der Waals surface area (Å²) in [6.07, 6.45) is 3.78. The maximum Gasteiger partial charge on any atom is 0.240 e. The van der Waals surface area contributed by atoms with Gasteiger partial charge in [0, 0.05) is 13.2 Å². The van der Waals surface area contributed by atoms with Crippen molar-refractivity contribution in [3.63, 3.8) is 0 Å². The average Bonchev–Trinajstić information content (AvgIpc) is 3.03. The SMILES string of the molecule is CCc1cccc(C)c1N(CC(=O)NCC1CCCO1)S(C)(=O)=O. The fraction of sp³-hybridized carbons (Fsp3) is 0.588. The van der Waals surface area contributed by atoms with Gasteiger partial charge in [-0.05, 0) is 37.3 Å². The topological polar surface area (TPSA) is 75.7 Å². The second-order valence-corrected chi connectivity index (χ2v) is 8.05. The number of para-hydroxylation sites is 1. The molecule has 1 aromatic rings. The Hall–Kier alpha value is -1.60. The molecule has 0 radical (unpaired) electrons. The van der Waals surface area contributed by atoms with Crippen molar-refractivity contribution in [3.05, 3.63) is 29.3 Å². The summed E-state index contributed by atoms with van der Waals surface area (Å²) < 4.78 is 31.2. The molecule has 0 aromatic heterocycles. The van der Waals surface area contributed by atoms with Crippen molar-refractivity contribution in [2.45, 2.75) is 39.2 Å². The van der Waals surface area contributed by atoms with Gasteiger partial charge in [0.1, 0.15) is 6.54 Å². The fourth-order valence-corrected chi connectivity index (χ4v) is 3.89. The first-order chi connectivity index (χ1) is 11.3. The number of hydrogen-bond donors (Lipinski definition) is 1. The Balaban J connectivity index is 2.16. The van der Waals surface area contributed by atoms with E-state index in [4.69, 9.17) is 4.74 Å². The lowest BCUT2D eigenvalue weighted by Crippen LogP contribution is -2.43. The van der Waals surface area contributed by atoms with Crippen LogP contribution in [-0.4, -0.2) is 46.4 Å². The Kier molecular flexibility index (Phi) is 6.23. The van der Waals surface area contributed by atoms with E-state index in [1.165, 1.54) is 4.31 Å². The molecule has 1 heterocycles. The van der Waals surface area contributed by atoms with Gasteiger partial charge in [-0.2, -0.15) is 0 Å². The first-order valence-corrected chi connectivity index (χ1v) is 10.1. The van der Waals surface area contributed by atoms with E-state index < -0.39 is 10.0 Å². The summed E-state index contributed by atoms with van der Waals surface area (Å²) in [5.41, 5.74) is 2.36. The molecule has 1 fully saturated rings. The summed E-state index contributed by atoms with van der Waals surface area (Å²) in [5, 5.41) is 2.78. The molecule has 1 saturated heterocycles. The van der Waals surface area contributed by atoms with E-state index in [0.717, 1.165) is 36.8 Å². The van der Waals surface area contributed by atoms with E-state index in [2.05, 4.69) is 5.32 Å². The highest BCUT2D eigenvalue weighted by Gasteiger charge is 2.25. The van der Waals surface area contributed by atoms with Crippen molar-refractivity contribution in [3.8, 4) is 0 Å². The molecule has 7 heteroatoms. The molecule has 1 unspecified atom stereocenters. The minimum absolute atomic E-state index is 0.0327. The highest BCUT2D eigenvalue weighted by Crippen LogP contribution is 2.27. The van der Waals surface area contributed by atoms with Crippen LogP contribution in [0.4, 0.5) is 5.69 Å². The molecule has 0 saturated carbocycles. The molecule has 1 aromatic carbocycles. The average molecular weight is 354 g/mol. The number of carbonyl (C=O) groups is 1. The van der Waals surface area contributed by atoms with Crippen molar-refractivity contribution < 1.29 is 17.9 Å². The van der Waals surface area contributed by atoms with Gasteiger partial charge in [-0.25, -0.2) is 8.42 Å². The first-order valence-electron chi connectivity index (χ1n) is 8.27. The summed E-state index contributed by atoms with van der Waals surface area (Å²) in [6, 6.07) is 5.65. The van der Waals surface area contributed by atoms with Gasteiger partial charge in [0.05, 0.1) is 18.0 Å². The Morgan fingerprint density at radius 1 is 1.42 bits per heavy atom. The number of aryl methyl sites for hydroxylation is 2. The molecule has 24 heavy (non-hydrogen) atoms. The Labute approximate surface area is 144 Å². The third-order valence-corrected chi connectivity index (χ3v) is 5.30. The van der Waals surface area contributed by atoms with Gasteiger partial charge in [-0.15, -0.1) is 0 Å². The number of nitrogens with zero attached hydrogens (tertiary/aromatic N) is 1. The molecule has 0 aliphatic carbocycles. The van der Waals surface area contributed by atoms with Gasteiger partial charge >= 0.3 is 0 Å². The Bertz CT molecular complexity index is 682. The van der Waals surface area contributed by atoms with Crippen molar-refractivity contribution in [1.82, 2.24) is 5.32 Å². The lowest BCUT2D eigenvalue weighted by molar-refractivity contribution is -0.120. The Morgan fingerprint density at radius 3 is 2.75 bits per heavy atom. The number of amides is 1. The summed E-state index contributed by atoms with van der Waals surface area (Å²) in [5.74, 6) is -0.318. The predicted octanol–water partition coefficient (Wildman–Crippen LogP) is 1.62. The maximum absolute atomic E-state index is 12.3. The monoisotopic (exact) mass is 354 g/mol. The number of carbonyl (C=O) groups excluding carboxylic acids is 1. The highest BCUT2D eigenvalue weighted by atomic mass is 32.2. The van der Waals surface area contributed by atoms with Crippen LogP contribution in [0.25, 0.3) is 0 Å². The molecule has 134 valence electrons. The molecule has 0 spiro atoms. The molecule has 6 nitrogen and oxygen atoms in total. The van der Waals surface area contributed by atoms with Crippen molar-refractivity contribution >= 4 is 21.6 Å². The van der Waals surface area contributed by atoms with E-state index in [-0.39, 0.29) is 18.6 Å². The van der Waals surface area contributed by atoms with E-state index in [9.17, 15) is 13.2 Å². The van der Waals surface area contributed by atoms with Crippen LogP contribution in [0.15, 0.2) is 18.2 Å². The van der Waals surface area contributed by atoms with Crippen LogP contribution in [0.2, 0.25) is 0 Å². The van der Waals surface area contributed by atoms with Crippen LogP contribution in [0.3, 0.4) is 0 Å². The molecule has 1 atom stereocenters. The van der Waals surface area contributed by atoms with Crippen molar-refractivity contribution in [2.75, 3.05) is 30.3 Å². The zero-order valence-electron chi connectivity index (χ0n) is 14.5. The predicted molar refractivity (Wildman–Crippen MR) is 94.7 cm³/mol. The van der Waals surface area contributed by atoms with Crippen LogP contribution in [0.1, 0.15) is 30.9 Å². The lowest BCUT2D eigenvalue weighted by Gasteiger charge is -2.26. The first kappa shape index (κ1) is 18.7. The quantitative estimate of drug-likeness (QED) is 0.807. The summed E-state index contributed by atoms with van der Waals surface area (Å²) in [4.78, 5) is 12.3. The van der Waals surface area contributed by atoms with Crippen molar-refractivity contribution in [1.29, 1.82) is 0 Å². The number of benzene rings is 1. The number of sulfonamides is 1. The molecule has 1 aliphatic heterocycles. The number of nitrogens with one attached hydrogen (secondary N) is 1.